The normalized spacial score (nSPS) is 27.0. The molecule has 1 atom stereocenters. The van der Waals surface area contributed by atoms with E-state index in [1.807, 2.05) is 0 Å². The Kier molecular flexibility index (Phi) is 4.86. The van der Waals surface area contributed by atoms with Crippen molar-refractivity contribution >= 4 is 44.8 Å². The number of rotatable bonds is 4. The Labute approximate surface area is 158 Å². The molecule has 0 aromatic heterocycles. The number of hydrogen-bond acceptors (Lipinski definition) is 3. The molecule has 5 nitrogen and oxygen atoms in total. The number of carbonyl (C=O) groups is 1. The van der Waals surface area contributed by atoms with Gasteiger partial charge in [-0.3, -0.25) is 4.79 Å². The van der Waals surface area contributed by atoms with E-state index in [0.717, 1.165) is 12.8 Å². The van der Waals surface area contributed by atoms with Crippen LogP contribution in [0.1, 0.15) is 33.1 Å². The summed E-state index contributed by atoms with van der Waals surface area (Å²) in [5, 5.41) is 2.75. The van der Waals surface area contributed by atoms with Crippen LogP contribution in [0.15, 0.2) is 29.2 Å². The number of sulfonamides is 1. The summed E-state index contributed by atoms with van der Waals surface area (Å²) >= 11 is 12.0. The Hall–Kier alpha value is -0.820. The SMILES string of the molecule is CC1CCN(S(=O)(=O)c2ccc(NC(=O)[C@]3(C)CC3(Cl)Cl)cc2)CC1. The summed E-state index contributed by atoms with van der Waals surface area (Å²) in [6, 6.07) is 6.22. The van der Waals surface area contributed by atoms with Gasteiger partial charge in [-0.05, 0) is 56.4 Å². The molecule has 2 fully saturated rings. The fourth-order valence-corrected chi connectivity index (χ4v) is 5.18. The van der Waals surface area contributed by atoms with E-state index in [0.29, 0.717) is 31.1 Å². The van der Waals surface area contributed by atoms with Crippen molar-refractivity contribution in [2.24, 2.45) is 11.3 Å². The Morgan fingerprint density at radius 1 is 1.20 bits per heavy atom. The van der Waals surface area contributed by atoms with Gasteiger partial charge in [0.1, 0.15) is 4.33 Å². The third-order valence-electron chi connectivity index (χ3n) is 5.25. The van der Waals surface area contributed by atoms with Crippen LogP contribution in [0.2, 0.25) is 0 Å². The maximum atomic E-state index is 12.7. The van der Waals surface area contributed by atoms with Crippen LogP contribution in [0.25, 0.3) is 0 Å². The number of nitrogens with one attached hydrogen (secondary N) is 1. The van der Waals surface area contributed by atoms with Crippen LogP contribution in [-0.2, 0) is 14.8 Å². The van der Waals surface area contributed by atoms with E-state index in [1.54, 1.807) is 19.1 Å². The van der Waals surface area contributed by atoms with Crippen LogP contribution in [0.3, 0.4) is 0 Å². The molecule has 1 heterocycles. The highest BCUT2D eigenvalue weighted by Gasteiger charge is 2.67. The lowest BCUT2D eigenvalue weighted by molar-refractivity contribution is -0.120. The molecule has 1 aromatic rings. The van der Waals surface area contributed by atoms with Crippen LogP contribution >= 0.6 is 23.2 Å². The molecule has 3 rings (SSSR count). The predicted molar refractivity (Wildman–Crippen MR) is 99.4 cm³/mol. The van der Waals surface area contributed by atoms with Gasteiger partial charge in [-0.2, -0.15) is 4.31 Å². The van der Waals surface area contributed by atoms with Gasteiger partial charge >= 0.3 is 0 Å². The zero-order valence-electron chi connectivity index (χ0n) is 14.3. The van der Waals surface area contributed by atoms with Crippen molar-refractivity contribution in [1.82, 2.24) is 4.31 Å². The van der Waals surface area contributed by atoms with Crippen molar-refractivity contribution in [3.05, 3.63) is 24.3 Å². The van der Waals surface area contributed by atoms with Crippen LogP contribution in [0, 0.1) is 11.3 Å². The Bertz CT molecular complexity index is 772. The largest absolute Gasteiger partial charge is 0.326 e. The van der Waals surface area contributed by atoms with Gasteiger partial charge in [0.15, 0.2) is 0 Å². The molecule has 2 aliphatic rings. The molecule has 0 spiro atoms. The molecule has 0 radical (unpaired) electrons. The molecule has 25 heavy (non-hydrogen) atoms. The van der Waals surface area contributed by atoms with Crippen molar-refractivity contribution in [1.29, 1.82) is 0 Å². The van der Waals surface area contributed by atoms with Crippen molar-refractivity contribution in [3.8, 4) is 0 Å². The molecule has 1 aliphatic heterocycles. The second-order valence-electron chi connectivity index (χ2n) is 7.28. The highest BCUT2D eigenvalue weighted by Crippen LogP contribution is 2.64. The molecule has 1 saturated heterocycles. The summed E-state index contributed by atoms with van der Waals surface area (Å²) < 4.78 is 25.9. The van der Waals surface area contributed by atoms with Gasteiger partial charge in [0.05, 0.1) is 10.3 Å². The molecule has 138 valence electrons. The number of carbonyl (C=O) groups excluding carboxylic acids is 1. The topological polar surface area (TPSA) is 66.5 Å². The Balaban J connectivity index is 1.69. The quantitative estimate of drug-likeness (QED) is 0.778. The first-order valence-electron chi connectivity index (χ1n) is 8.36. The molecule has 1 aliphatic carbocycles. The minimum absolute atomic E-state index is 0.238. The minimum atomic E-state index is -3.49. The predicted octanol–water partition coefficient (Wildman–Crippen LogP) is 3.63. The number of anilines is 1. The van der Waals surface area contributed by atoms with E-state index in [2.05, 4.69) is 12.2 Å². The second-order valence-corrected chi connectivity index (χ2v) is 10.7. The smallest absolute Gasteiger partial charge is 0.243 e. The lowest BCUT2D eigenvalue weighted by atomic mass is 10.0. The molecule has 1 N–H and O–H groups in total. The summed E-state index contributed by atoms with van der Waals surface area (Å²) in [6.45, 7) is 4.94. The highest BCUT2D eigenvalue weighted by atomic mass is 35.5. The standard InChI is InChI=1S/C17H22Cl2N2O3S/c1-12-7-9-21(10-8-12)25(23,24)14-5-3-13(4-6-14)20-15(22)16(2)11-17(16,18)19/h3-6,12H,7-11H2,1-2H3,(H,20,22)/t16-/m0/s1. The second kappa shape index (κ2) is 6.41. The van der Waals surface area contributed by atoms with Crippen LogP contribution < -0.4 is 5.32 Å². The third-order valence-corrected chi connectivity index (χ3v) is 8.27. The van der Waals surface area contributed by atoms with E-state index in [4.69, 9.17) is 23.2 Å². The first-order chi connectivity index (χ1) is 11.6. The third kappa shape index (κ3) is 3.54. The fraction of sp³-hybridized carbons (Fsp3) is 0.588. The van der Waals surface area contributed by atoms with Gasteiger partial charge in [-0.1, -0.05) is 6.92 Å². The average molecular weight is 405 g/mol. The molecule has 0 bridgehead atoms. The van der Waals surface area contributed by atoms with Gasteiger partial charge in [-0.25, -0.2) is 8.42 Å². The number of hydrogen-bond donors (Lipinski definition) is 1. The van der Waals surface area contributed by atoms with E-state index >= 15 is 0 Å². The van der Waals surface area contributed by atoms with Crippen molar-refractivity contribution in [3.63, 3.8) is 0 Å². The van der Waals surface area contributed by atoms with E-state index in [1.165, 1.54) is 16.4 Å². The van der Waals surface area contributed by atoms with Crippen molar-refractivity contribution in [2.75, 3.05) is 18.4 Å². The first kappa shape index (κ1) is 19.0. The molecular weight excluding hydrogens is 383 g/mol. The molecule has 8 heteroatoms. The number of halogens is 2. The van der Waals surface area contributed by atoms with Crippen molar-refractivity contribution < 1.29 is 13.2 Å². The van der Waals surface area contributed by atoms with Gasteiger partial charge in [0.25, 0.3) is 0 Å². The van der Waals surface area contributed by atoms with Gasteiger partial charge in [-0.15, -0.1) is 23.2 Å². The van der Waals surface area contributed by atoms with Crippen LogP contribution in [0.5, 0.6) is 0 Å². The monoisotopic (exact) mass is 404 g/mol. The molecule has 1 amide bonds. The maximum absolute atomic E-state index is 12.7. The van der Waals surface area contributed by atoms with E-state index in [9.17, 15) is 13.2 Å². The first-order valence-corrected chi connectivity index (χ1v) is 10.6. The molecule has 1 aromatic carbocycles. The lowest BCUT2D eigenvalue weighted by Gasteiger charge is -2.29. The van der Waals surface area contributed by atoms with E-state index < -0.39 is 19.8 Å². The summed E-state index contributed by atoms with van der Waals surface area (Å²) in [5.74, 6) is 0.293. The lowest BCUT2D eigenvalue weighted by Crippen LogP contribution is -2.37. The number of amides is 1. The van der Waals surface area contributed by atoms with E-state index in [-0.39, 0.29) is 10.8 Å². The molecule has 0 unspecified atom stereocenters. The molecule has 1 saturated carbocycles. The van der Waals surface area contributed by atoms with Gasteiger partial charge in [0.2, 0.25) is 15.9 Å². The molecular formula is C17H22Cl2N2O3S. The summed E-state index contributed by atoms with van der Waals surface area (Å²) in [5.41, 5.74) is -0.292. The summed E-state index contributed by atoms with van der Waals surface area (Å²) in [4.78, 5) is 12.5. The van der Waals surface area contributed by atoms with Gasteiger partial charge in [0, 0.05) is 18.8 Å². The maximum Gasteiger partial charge on any atom is 0.243 e. The minimum Gasteiger partial charge on any atom is -0.326 e. The Morgan fingerprint density at radius 3 is 2.20 bits per heavy atom. The number of alkyl halides is 2. The van der Waals surface area contributed by atoms with Crippen molar-refractivity contribution in [2.45, 2.75) is 42.3 Å². The van der Waals surface area contributed by atoms with Gasteiger partial charge < -0.3 is 5.32 Å². The number of piperidine rings is 1. The zero-order chi connectivity index (χ0) is 18.5. The number of benzene rings is 1. The highest BCUT2D eigenvalue weighted by molar-refractivity contribution is 7.89. The zero-order valence-corrected chi connectivity index (χ0v) is 16.6. The average Bonchev–Trinajstić information content (AvgIpc) is 3.08. The Morgan fingerprint density at radius 2 is 1.72 bits per heavy atom. The van der Waals surface area contributed by atoms with Crippen LogP contribution in [-0.4, -0.2) is 36.1 Å². The summed E-state index contributed by atoms with van der Waals surface area (Å²) in [7, 11) is -3.49. The number of nitrogens with zero attached hydrogens (tertiary/aromatic N) is 1. The fourth-order valence-electron chi connectivity index (χ4n) is 3.00. The van der Waals surface area contributed by atoms with Crippen LogP contribution in [0.4, 0.5) is 5.69 Å². The summed E-state index contributed by atoms with van der Waals surface area (Å²) in [6.07, 6.45) is 2.16.